The number of aromatic nitrogens is 2. The van der Waals surface area contributed by atoms with Crippen molar-refractivity contribution in [1.29, 1.82) is 0 Å². The van der Waals surface area contributed by atoms with Gasteiger partial charge in [0, 0.05) is 32.1 Å². The van der Waals surface area contributed by atoms with Crippen molar-refractivity contribution >= 4 is 5.84 Å². The second-order valence-electron chi connectivity index (χ2n) is 5.34. The lowest BCUT2D eigenvalue weighted by molar-refractivity contribution is 0.251. The molecule has 0 atom stereocenters. The van der Waals surface area contributed by atoms with Crippen LogP contribution in [0.4, 0.5) is 0 Å². The summed E-state index contributed by atoms with van der Waals surface area (Å²) in [5, 5.41) is 16.3. The molecule has 0 spiro atoms. The molecule has 0 unspecified atom stereocenters. The van der Waals surface area contributed by atoms with Gasteiger partial charge >= 0.3 is 0 Å². The van der Waals surface area contributed by atoms with Crippen molar-refractivity contribution in [3.05, 3.63) is 17.5 Å². The van der Waals surface area contributed by atoms with Crippen molar-refractivity contribution in [3.8, 4) is 0 Å². The molecular weight excluding hydrogens is 254 g/mol. The summed E-state index contributed by atoms with van der Waals surface area (Å²) in [6.45, 7) is 6.87. The molecule has 112 valence electrons. The second kappa shape index (κ2) is 6.74. The third-order valence-corrected chi connectivity index (χ3v) is 3.79. The van der Waals surface area contributed by atoms with Gasteiger partial charge in [-0.1, -0.05) is 12.1 Å². The van der Waals surface area contributed by atoms with Crippen LogP contribution in [0.2, 0.25) is 0 Å². The van der Waals surface area contributed by atoms with E-state index in [1.165, 1.54) is 18.5 Å². The van der Waals surface area contributed by atoms with Gasteiger partial charge in [0.25, 0.3) is 0 Å². The van der Waals surface area contributed by atoms with Crippen LogP contribution >= 0.6 is 0 Å². The molecule has 0 radical (unpaired) electrons. The molecule has 1 saturated carbocycles. The van der Waals surface area contributed by atoms with E-state index in [2.05, 4.69) is 39.7 Å². The van der Waals surface area contributed by atoms with Crippen molar-refractivity contribution in [3.63, 3.8) is 0 Å². The van der Waals surface area contributed by atoms with Crippen molar-refractivity contribution in [2.24, 2.45) is 10.9 Å². The molecular formula is C14H25N5O. The van der Waals surface area contributed by atoms with E-state index in [1.807, 2.05) is 0 Å². The van der Waals surface area contributed by atoms with E-state index in [9.17, 15) is 0 Å². The minimum atomic E-state index is 0.300. The summed E-state index contributed by atoms with van der Waals surface area (Å²) < 4.78 is 2.08. The van der Waals surface area contributed by atoms with Crippen LogP contribution in [0.3, 0.4) is 0 Å². The van der Waals surface area contributed by atoms with Gasteiger partial charge in [-0.15, -0.1) is 0 Å². The van der Waals surface area contributed by atoms with E-state index >= 15 is 0 Å². The highest BCUT2D eigenvalue weighted by Gasteiger charge is 2.29. The lowest BCUT2D eigenvalue weighted by Gasteiger charge is -2.21. The van der Waals surface area contributed by atoms with Crippen molar-refractivity contribution in [2.75, 3.05) is 6.54 Å². The first-order valence-corrected chi connectivity index (χ1v) is 7.44. The highest BCUT2D eigenvalue weighted by molar-refractivity contribution is 5.79. The number of hydrogen-bond acceptors (Lipinski definition) is 4. The lowest BCUT2D eigenvalue weighted by Crippen LogP contribution is -2.30. The topological polar surface area (TPSA) is 79.7 Å². The van der Waals surface area contributed by atoms with Gasteiger partial charge in [-0.3, -0.25) is 9.58 Å². The minimum absolute atomic E-state index is 0.300. The molecule has 1 aliphatic rings. The van der Waals surface area contributed by atoms with E-state index in [-0.39, 0.29) is 0 Å². The number of nitrogens with two attached hydrogens (primary N) is 1. The SMILES string of the molecule is CCc1cc(CN(CCC(N)=NO)C2CC2)n(CC)n1. The summed E-state index contributed by atoms with van der Waals surface area (Å²) in [5.74, 6) is 0.300. The fourth-order valence-corrected chi connectivity index (χ4v) is 2.44. The van der Waals surface area contributed by atoms with Crippen LogP contribution in [0.15, 0.2) is 11.2 Å². The summed E-state index contributed by atoms with van der Waals surface area (Å²) in [6.07, 6.45) is 4.07. The predicted octanol–water partition coefficient (Wildman–Crippen LogP) is 1.57. The maximum atomic E-state index is 8.64. The van der Waals surface area contributed by atoms with E-state index in [1.54, 1.807) is 0 Å². The van der Waals surface area contributed by atoms with Crippen LogP contribution in [-0.4, -0.2) is 38.3 Å². The first-order chi connectivity index (χ1) is 9.67. The van der Waals surface area contributed by atoms with Gasteiger partial charge in [-0.25, -0.2) is 0 Å². The van der Waals surface area contributed by atoms with E-state index in [0.29, 0.717) is 18.3 Å². The van der Waals surface area contributed by atoms with Crippen LogP contribution in [0.1, 0.15) is 44.5 Å². The molecule has 3 N–H and O–H groups in total. The molecule has 2 rings (SSSR count). The molecule has 0 amide bonds. The number of oxime groups is 1. The Kier molecular flexibility index (Phi) is 5.00. The van der Waals surface area contributed by atoms with Gasteiger partial charge in [0.15, 0.2) is 0 Å². The molecule has 1 aliphatic carbocycles. The standard InChI is InChI=1S/C14H25N5O/c1-3-11-9-13(19(4-2)16-11)10-18(12-5-6-12)8-7-14(15)17-20/h9,12,20H,3-8,10H2,1-2H3,(H2,15,17). The highest BCUT2D eigenvalue weighted by Crippen LogP contribution is 2.28. The summed E-state index contributed by atoms with van der Waals surface area (Å²) in [4.78, 5) is 2.42. The van der Waals surface area contributed by atoms with E-state index in [4.69, 9.17) is 10.9 Å². The third kappa shape index (κ3) is 3.72. The van der Waals surface area contributed by atoms with Gasteiger partial charge in [0.1, 0.15) is 5.84 Å². The average molecular weight is 279 g/mol. The number of hydrogen-bond donors (Lipinski definition) is 2. The van der Waals surface area contributed by atoms with Gasteiger partial charge < -0.3 is 10.9 Å². The Morgan fingerprint density at radius 1 is 1.55 bits per heavy atom. The van der Waals surface area contributed by atoms with Crippen LogP contribution in [0.5, 0.6) is 0 Å². The fraction of sp³-hybridized carbons (Fsp3) is 0.714. The normalized spacial score (nSPS) is 16.1. The zero-order valence-electron chi connectivity index (χ0n) is 12.4. The zero-order valence-corrected chi connectivity index (χ0v) is 12.4. The number of nitrogens with zero attached hydrogens (tertiary/aromatic N) is 4. The minimum Gasteiger partial charge on any atom is -0.409 e. The number of amidine groups is 1. The largest absolute Gasteiger partial charge is 0.409 e. The van der Waals surface area contributed by atoms with Crippen molar-refractivity contribution < 1.29 is 5.21 Å². The molecule has 0 aromatic carbocycles. The lowest BCUT2D eigenvalue weighted by atomic mass is 10.2. The van der Waals surface area contributed by atoms with Crippen molar-refractivity contribution in [2.45, 2.75) is 58.7 Å². The maximum Gasteiger partial charge on any atom is 0.140 e. The Bertz CT molecular complexity index is 464. The van der Waals surface area contributed by atoms with Gasteiger partial charge in [-0.2, -0.15) is 5.10 Å². The molecule has 20 heavy (non-hydrogen) atoms. The number of rotatable bonds is 8. The molecule has 6 nitrogen and oxygen atoms in total. The Morgan fingerprint density at radius 2 is 2.30 bits per heavy atom. The summed E-state index contributed by atoms with van der Waals surface area (Å²) in [6, 6.07) is 2.84. The average Bonchev–Trinajstić information content (AvgIpc) is 3.23. The molecule has 1 fully saturated rings. The first kappa shape index (κ1) is 14.8. The van der Waals surface area contributed by atoms with Crippen LogP contribution in [-0.2, 0) is 19.5 Å². The summed E-state index contributed by atoms with van der Waals surface area (Å²) in [7, 11) is 0. The molecule has 0 bridgehead atoms. The van der Waals surface area contributed by atoms with Gasteiger partial charge in [0.2, 0.25) is 0 Å². The molecule has 1 aromatic rings. The Balaban J connectivity index is 2.02. The van der Waals surface area contributed by atoms with E-state index < -0.39 is 0 Å². The fourth-order valence-electron chi connectivity index (χ4n) is 2.44. The van der Waals surface area contributed by atoms with Crippen molar-refractivity contribution in [1.82, 2.24) is 14.7 Å². The van der Waals surface area contributed by atoms with E-state index in [0.717, 1.165) is 31.7 Å². The molecule has 0 saturated heterocycles. The monoisotopic (exact) mass is 279 g/mol. The smallest absolute Gasteiger partial charge is 0.140 e. The Labute approximate surface area is 120 Å². The third-order valence-electron chi connectivity index (χ3n) is 3.79. The van der Waals surface area contributed by atoms with Crippen LogP contribution in [0, 0.1) is 0 Å². The quantitative estimate of drug-likeness (QED) is 0.327. The Morgan fingerprint density at radius 3 is 2.85 bits per heavy atom. The molecule has 1 aromatic heterocycles. The summed E-state index contributed by atoms with van der Waals surface area (Å²) >= 11 is 0. The Hall–Kier alpha value is -1.56. The molecule has 6 heteroatoms. The first-order valence-electron chi connectivity index (χ1n) is 7.44. The predicted molar refractivity (Wildman–Crippen MR) is 78.7 cm³/mol. The number of aryl methyl sites for hydroxylation is 2. The molecule has 1 heterocycles. The van der Waals surface area contributed by atoms with Crippen LogP contribution < -0.4 is 5.73 Å². The highest BCUT2D eigenvalue weighted by atomic mass is 16.4. The van der Waals surface area contributed by atoms with Gasteiger partial charge in [0.05, 0.1) is 11.4 Å². The molecule has 0 aliphatic heterocycles. The summed E-state index contributed by atoms with van der Waals surface area (Å²) in [5.41, 5.74) is 7.98. The van der Waals surface area contributed by atoms with Gasteiger partial charge in [-0.05, 0) is 32.3 Å². The second-order valence-corrected chi connectivity index (χ2v) is 5.34. The van der Waals surface area contributed by atoms with Crippen LogP contribution in [0.25, 0.3) is 0 Å². The zero-order chi connectivity index (χ0) is 14.5. The maximum absolute atomic E-state index is 8.64.